The van der Waals surface area contributed by atoms with E-state index in [1.165, 1.54) is 18.3 Å². The number of nitrogens with one attached hydrogen (secondary N) is 1. The summed E-state index contributed by atoms with van der Waals surface area (Å²) in [6, 6.07) is 9.11. The number of hydrogen-bond donors (Lipinski definition) is 2. The van der Waals surface area contributed by atoms with Crippen LogP contribution in [-0.4, -0.2) is 22.6 Å². The van der Waals surface area contributed by atoms with Crippen LogP contribution >= 0.6 is 0 Å². The van der Waals surface area contributed by atoms with Crippen LogP contribution in [0.4, 0.5) is 4.39 Å². The first-order valence-corrected chi connectivity index (χ1v) is 6.27. The molecule has 0 spiro atoms. The minimum atomic E-state index is -0.319. The molecule has 0 bridgehead atoms. The van der Waals surface area contributed by atoms with Crippen LogP contribution in [0.5, 0.6) is 0 Å². The molecule has 106 valence electrons. The Balaban J connectivity index is 1.95. The number of hydrogen-bond acceptors (Lipinski definition) is 3. The van der Waals surface area contributed by atoms with Gasteiger partial charge in [-0.25, -0.2) is 9.37 Å². The van der Waals surface area contributed by atoms with Crippen molar-refractivity contribution in [1.29, 1.82) is 0 Å². The molecule has 0 aliphatic heterocycles. The van der Waals surface area contributed by atoms with Crippen LogP contribution in [0.15, 0.2) is 42.6 Å². The van der Waals surface area contributed by atoms with Gasteiger partial charge < -0.3 is 10.4 Å². The van der Waals surface area contributed by atoms with Gasteiger partial charge in [0.2, 0.25) is 0 Å². The summed E-state index contributed by atoms with van der Waals surface area (Å²) in [5, 5.41) is 11.3. The Kier molecular flexibility index (Phi) is 5.02. The molecular weight excluding hydrogens is 271 g/mol. The Bertz CT molecular complexity index is 670. The molecule has 0 fully saturated rings. The first kappa shape index (κ1) is 14.7. The summed E-state index contributed by atoms with van der Waals surface area (Å²) in [6.45, 7) is 0.0762. The highest BCUT2D eigenvalue weighted by Gasteiger charge is 2.06. The fourth-order valence-electron chi connectivity index (χ4n) is 1.62. The monoisotopic (exact) mass is 284 g/mol. The van der Waals surface area contributed by atoms with Gasteiger partial charge in [-0.2, -0.15) is 0 Å². The molecule has 0 aliphatic carbocycles. The van der Waals surface area contributed by atoms with E-state index in [0.717, 1.165) is 5.56 Å². The maximum atomic E-state index is 12.8. The highest BCUT2D eigenvalue weighted by Crippen LogP contribution is 2.03. The van der Waals surface area contributed by atoms with Crippen LogP contribution < -0.4 is 5.32 Å². The number of carbonyl (C=O) groups is 1. The van der Waals surface area contributed by atoms with E-state index in [1.54, 1.807) is 24.3 Å². The molecule has 2 rings (SSSR count). The van der Waals surface area contributed by atoms with Crippen molar-refractivity contribution in [2.75, 3.05) is 6.61 Å². The van der Waals surface area contributed by atoms with Crippen LogP contribution in [0.25, 0.3) is 0 Å². The van der Waals surface area contributed by atoms with Gasteiger partial charge in [0, 0.05) is 18.3 Å². The number of carbonyl (C=O) groups excluding carboxylic acids is 1. The summed E-state index contributed by atoms with van der Waals surface area (Å²) in [5.41, 5.74) is 1.70. The maximum Gasteiger partial charge on any atom is 0.270 e. The number of amides is 1. The second-order valence-corrected chi connectivity index (χ2v) is 4.20. The Hall–Kier alpha value is -2.71. The molecule has 0 saturated heterocycles. The van der Waals surface area contributed by atoms with Crippen molar-refractivity contribution in [2.24, 2.45) is 0 Å². The van der Waals surface area contributed by atoms with Gasteiger partial charge in [0.25, 0.3) is 5.91 Å². The summed E-state index contributed by atoms with van der Waals surface area (Å²) < 4.78 is 12.8. The molecule has 4 nitrogen and oxygen atoms in total. The average Bonchev–Trinajstić information content (AvgIpc) is 2.52. The molecule has 0 atom stereocenters. The lowest BCUT2D eigenvalue weighted by Gasteiger charge is -2.05. The quantitative estimate of drug-likeness (QED) is 0.840. The smallest absolute Gasteiger partial charge is 0.270 e. The van der Waals surface area contributed by atoms with Crippen LogP contribution in [0.1, 0.15) is 21.6 Å². The number of aliphatic hydroxyl groups is 1. The second kappa shape index (κ2) is 7.17. The molecule has 0 saturated carbocycles. The molecule has 5 heteroatoms. The minimum absolute atomic E-state index is 0.222. The van der Waals surface area contributed by atoms with Gasteiger partial charge in [0.05, 0.1) is 0 Å². The van der Waals surface area contributed by atoms with Crippen molar-refractivity contribution < 1.29 is 14.3 Å². The number of nitrogens with zero attached hydrogens (tertiary/aromatic N) is 1. The van der Waals surface area contributed by atoms with Gasteiger partial charge in [-0.05, 0) is 29.8 Å². The van der Waals surface area contributed by atoms with Crippen LogP contribution in [0.3, 0.4) is 0 Å². The number of halogens is 1. The summed E-state index contributed by atoms with van der Waals surface area (Å²) >= 11 is 0. The number of benzene rings is 1. The molecule has 1 heterocycles. The average molecular weight is 284 g/mol. The molecule has 0 aliphatic rings. The van der Waals surface area contributed by atoms with Gasteiger partial charge >= 0.3 is 0 Å². The zero-order chi connectivity index (χ0) is 15.1. The lowest BCUT2D eigenvalue weighted by atomic mass is 10.2. The van der Waals surface area contributed by atoms with Gasteiger partial charge in [0.1, 0.15) is 18.1 Å². The Morgan fingerprint density at radius 1 is 1.24 bits per heavy atom. The largest absolute Gasteiger partial charge is 0.384 e. The Morgan fingerprint density at radius 3 is 2.62 bits per heavy atom. The fraction of sp³-hybridized carbons (Fsp3) is 0.125. The van der Waals surface area contributed by atoms with Crippen LogP contribution in [-0.2, 0) is 6.54 Å². The highest BCUT2D eigenvalue weighted by atomic mass is 19.1. The fourth-order valence-corrected chi connectivity index (χ4v) is 1.62. The zero-order valence-corrected chi connectivity index (χ0v) is 11.1. The summed E-state index contributed by atoms with van der Waals surface area (Å²) in [5.74, 6) is 4.56. The predicted octanol–water partition coefficient (Wildman–Crippen LogP) is 1.49. The second-order valence-electron chi connectivity index (χ2n) is 4.20. The summed E-state index contributed by atoms with van der Waals surface area (Å²) in [7, 11) is 0. The third kappa shape index (κ3) is 4.41. The third-order valence-corrected chi connectivity index (χ3v) is 2.67. The number of rotatable bonds is 3. The van der Waals surface area contributed by atoms with Crippen molar-refractivity contribution >= 4 is 5.91 Å². The lowest BCUT2D eigenvalue weighted by Crippen LogP contribution is -2.23. The number of aliphatic hydroxyl groups excluding tert-OH is 1. The maximum absolute atomic E-state index is 12.8. The molecule has 1 aromatic heterocycles. The molecule has 1 amide bonds. The van der Waals surface area contributed by atoms with E-state index in [9.17, 15) is 9.18 Å². The minimum Gasteiger partial charge on any atom is -0.384 e. The van der Waals surface area contributed by atoms with Crippen molar-refractivity contribution in [2.45, 2.75) is 6.54 Å². The van der Waals surface area contributed by atoms with Gasteiger partial charge in [0.15, 0.2) is 0 Å². The zero-order valence-electron chi connectivity index (χ0n) is 11.1. The van der Waals surface area contributed by atoms with Crippen molar-refractivity contribution in [3.63, 3.8) is 0 Å². The van der Waals surface area contributed by atoms with E-state index in [0.29, 0.717) is 12.1 Å². The number of pyridine rings is 1. The SMILES string of the molecule is O=C(NCc1ccc(F)cc1)c1ccc(C#CCO)cn1. The van der Waals surface area contributed by atoms with E-state index in [1.807, 2.05) is 0 Å². The van der Waals surface area contributed by atoms with Crippen molar-refractivity contribution in [1.82, 2.24) is 10.3 Å². The summed E-state index contributed by atoms with van der Waals surface area (Å²) in [4.78, 5) is 15.9. The van der Waals surface area contributed by atoms with E-state index in [-0.39, 0.29) is 24.0 Å². The Morgan fingerprint density at radius 2 is 2.00 bits per heavy atom. The normalized spacial score (nSPS) is 9.62. The van der Waals surface area contributed by atoms with Crippen molar-refractivity contribution in [3.8, 4) is 11.8 Å². The molecule has 21 heavy (non-hydrogen) atoms. The van der Waals surface area contributed by atoms with Crippen molar-refractivity contribution in [3.05, 3.63) is 65.2 Å². The van der Waals surface area contributed by atoms with Crippen LogP contribution in [0, 0.1) is 17.7 Å². The van der Waals surface area contributed by atoms with E-state index in [4.69, 9.17) is 5.11 Å². The van der Waals surface area contributed by atoms with E-state index < -0.39 is 0 Å². The summed E-state index contributed by atoms with van der Waals surface area (Å²) in [6.07, 6.45) is 1.47. The van der Waals surface area contributed by atoms with Gasteiger partial charge in [-0.15, -0.1) is 0 Å². The molecule has 2 aromatic rings. The molecule has 0 radical (unpaired) electrons. The van der Waals surface area contributed by atoms with E-state index >= 15 is 0 Å². The van der Waals surface area contributed by atoms with Crippen LogP contribution in [0.2, 0.25) is 0 Å². The molecule has 2 N–H and O–H groups in total. The first-order chi connectivity index (χ1) is 10.2. The Labute approximate surface area is 121 Å². The third-order valence-electron chi connectivity index (χ3n) is 2.67. The predicted molar refractivity (Wildman–Crippen MR) is 75.8 cm³/mol. The topological polar surface area (TPSA) is 62.2 Å². The molecule has 0 unspecified atom stereocenters. The molecular formula is C16H13FN2O2. The standard InChI is InChI=1S/C16H13FN2O2/c17-14-6-3-13(4-7-14)11-19-16(21)15-8-5-12(10-18-15)2-1-9-20/h3-8,10,20H,9,11H2,(H,19,21). The van der Waals surface area contributed by atoms with Gasteiger partial charge in [-0.1, -0.05) is 24.0 Å². The number of aromatic nitrogens is 1. The molecule has 1 aromatic carbocycles. The highest BCUT2D eigenvalue weighted by molar-refractivity contribution is 5.92. The van der Waals surface area contributed by atoms with E-state index in [2.05, 4.69) is 22.1 Å². The lowest BCUT2D eigenvalue weighted by molar-refractivity contribution is 0.0946. The first-order valence-electron chi connectivity index (χ1n) is 6.27. The van der Waals surface area contributed by atoms with Gasteiger partial charge in [-0.3, -0.25) is 4.79 Å².